The topological polar surface area (TPSA) is 170 Å². The van der Waals surface area contributed by atoms with Crippen LogP contribution in [0, 0.1) is 28.5 Å². The lowest BCUT2D eigenvalue weighted by Crippen LogP contribution is -2.57. The summed E-state index contributed by atoms with van der Waals surface area (Å²) in [5.41, 5.74) is 2.43. The highest BCUT2D eigenvalue weighted by atomic mass is 35.5. The number of aromatic nitrogens is 2. The quantitative estimate of drug-likeness (QED) is 0.330. The van der Waals surface area contributed by atoms with E-state index in [-0.39, 0.29) is 46.9 Å². The van der Waals surface area contributed by atoms with Gasteiger partial charge in [0.2, 0.25) is 5.91 Å². The van der Waals surface area contributed by atoms with Crippen LogP contribution < -0.4 is 20.0 Å². The molecule has 0 aliphatic carbocycles. The lowest BCUT2D eigenvalue weighted by atomic mass is 9.77. The number of piperazine rings is 1. The summed E-state index contributed by atoms with van der Waals surface area (Å²) in [4.78, 5) is 72.7. The zero-order valence-corrected chi connectivity index (χ0v) is 35.0. The van der Waals surface area contributed by atoms with Gasteiger partial charge in [-0.3, -0.25) is 29.0 Å². The second kappa shape index (κ2) is 16.5. The van der Waals surface area contributed by atoms with Crippen molar-refractivity contribution in [2.45, 2.75) is 70.2 Å². The van der Waals surface area contributed by atoms with Crippen molar-refractivity contribution in [2.24, 2.45) is 11.3 Å². The summed E-state index contributed by atoms with van der Waals surface area (Å²) in [7, 11) is 0. The van der Waals surface area contributed by atoms with Crippen LogP contribution in [-0.2, 0) is 4.79 Å². The first-order valence-corrected chi connectivity index (χ1v) is 21.8. The number of piperidine rings is 3. The van der Waals surface area contributed by atoms with Gasteiger partial charge in [-0.2, -0.15) is 5.26 Å². The molecule has 5 saturated heterocycles. The van der Waals surface area contributed by atoms with Crippen molar-refractivity contribution in [2.75, 3.05) is 80.1 Å². The third-order valence-corrected chi connectivity index (χ3v) is 14.3. The van der Waals surface area contributed by atoms with Gasteiger partial charge in [0.25, 0.3) is 17.7 Å². The SMILES string of the molecule is C[C@H]1CC2(CCN(c3cnc(C(=O)N4CCC(CN5CCN(c6cc7c(cc6F)C(=O)N(C6CCC(=O)NC6O)C7=O)CC5)CC4)cn3)CC2)CN1c1ccc(C#N)c(Cl)c1. The predicted octanol–water partition coefficient (Wildman–Crippen LogP) is 3.89. The molecule has 0 radical (unpaired) electrons. The number of carbonyl (C=O) groups is 4. The molecular formula is C44H50ClFN10O5. The van der Waals surface area contributed by atoms with Crippen molar-refractivity contribution in [3.8, 4) is 6.07 Å². The van der Waals surface area contributed by atoms with Crippen LogP contribution in [0.5, 0.6) is 0 Å². The van der Waals surface area contributed by atoms with Crippen molar-refractivity contribution in [1.82, 2.24) is 30.0 Å². The monoisotopic (exact) mass is 852 g/mol. The van der Waals surface area contributed by atoms with Crippen LogP contribution in [0.3, 0.4) is 0 Å². The van der Waals surface area contributed by atoms with Crippen molar-refractivity contribution >= 4 is 52.4 Å². The highest BCUT2D eigenvalue weighted by Crippen LogP contribution is 2.46. The zero-order chi connectivity index (χ0) is 42.6. The minimum absolute atomic E-state index is 0.0326. The van der Waals surface area contributed by atoms with Gasteiger partial charge in [0.05, 0.1) is 45.8 Å². The molecule has 6 aliphatic heterocycles. The fourth-order valence-corrected chi connectivity index (χ4v) is 10.7. The van der Waals surface area contributed by atoms with Gasteiger partial charge < -0.3 is 30.0 Å². The molecular weight excluding hydrogens is 803 g/mol. The molecule has 17 heteroatoms. The summed E-state index contributed by atoms with van der Waals surface area (Å²) < 4.78 is 15.5. The number of nitrogens with one attached hydrogen (secondary N) is 1. The number of nitriles is 1. The average Bonchev–Trinajstić information content (AvgIpc) is 3.71. The van der Waals surface area contributed by atoms with E-state index in [4.69, 9.17) is 11.6 Å². The largest absolute Gasteiger partial charge is 0.372 e. The van der Waals surface area contributed by atoms with E-state index >= 15 is 4.39 Å². The third-order valence-electron chi connectivity index (χ3n) is 14.0. The fourth-order valence-electron chi connectivity index (χ4n) is 10.5. The molecule has 4 amide bonds. The number of likely N-dealkylation sites (tertiary alicyclic amines) is 1. The number of hydrogen-bond acceptors (Lipinski definition) is 12. The standard InChI is InChI=1S/C44H50ClFN10O5/c1-27-21-44(26-55(27)30-3-2-29(22-47)33(45)18-30)8-12-53(13-9-44)38-24-48-35(23-49-38)43(61)54-10-6-28(7-11-54)25-51-14-16-52(17-15-51)37-20-32-31(19-34(37)46)41(59)56(42(32)60)36-4-5-39(57)50-40(36)58/h2-3,18-20,23-24,27-28,36,40,58H,4-17,21,25-26H2,1H3,(H,50,57)/t27-,36?,40?/m0/s1. The zero-order valence-electron chi connectivity index (χ0n) is 34.2. The highest BCUT2D eigenvalue weighted by Gasteiger charge is 2.46. The molecule has 320 valence electrons. The Bertz CT molecular complexity index is 2270. The van der Waals surface area contributed by atoms with Gasteiger partial charge >= 0.3 is 0 Å². The van der Waals surface area contributed by atoms with Crippen molar-refractivity contribution < 1.29 is 28.7 Å². The molecule has 5 fully saturated rings. The minimum atomic E-state index is -1.38. The van der Waals surface area contributed by atoms with Gasteiger partial charge in [-0.25, -0.2) is 14.4 Å². The summed E-state index contributed by atoms with van der Waals surface area (Å²) in [6, 6.07) is 9.85. The summed E-state index contributed by atoms with van der Waals surface area (Å²) >= 11 is 6.37. The predicted molar refractivity (Wildman–Crippen MR) is 225 cm³/mol. The number of aliphatic hydroxyl groups is 1. The maximum absolute atomic E-state index is 15.5. The Balaban J connectivity index is 0.725. The van der Waals surface area contributed by atoms with Gasteiger partial charge in [-0.1, -0.05) is 11.6 Å². The van der Waals surface area contributed by atoms with Crippen molar-refractivity contribution in [3.05, 3.63) is 75.9 Å². The maximum Gasteiger partial charge on any atom is 0.274 e. The number of rotatable bonds is 7. The normalized spacial score (nSPS) is 24.7. The Hall–Kier alpha value is -5.37. The maximum atomic E-state index is 15.5. The Morgan fingerprint density at radius 2 is 1.67 bits per heavy atom. The van der Waals surface area contributed by atoms with Gasteiger partial charge in [0.1, 0.15) is 29.6 Å². The van der Waals surface area contributed by atoms with Crippen LogP contribution in [0.15, 0.2) is 42.7 Å². The molecule has 1 aromatic heterocycles. The number of carbonyl (C=O) groups excluding carboxylic acids is 4. The molecule has 7 heterocycles. The van der Waals surface area contributed by atoms with Crippen molar-refractivity contribution in [1.29, 1.82) is 5.26 Å². The number of fused-ring (bicyclic) bond motifs is 1. The third kappa shape index (κ3) is 7.87. The number of amides is 4. The second-order valence-electron chi connectivity index (χ2n) is 17.7. The van der Waals surface area contributed by atoms with E-state index in [1.165, 1.54) is 6.07 Å². The first-order valence-electron chi connectivity index (χ1n) is 21.4. The number of halogens is 2. The van der Waals surface area contributed by atoms with Crippen molar-refractivity contribution in [3.63, 3.8) is 0 Å². The van der Waals surface area contributed by atoms with Crippen LogP contribution in [0.25, 0.3) is 0 Å². The number of benzene rings is 2. The molecule has 2 aromatic carbocycles. The first kappa shape index (κ1) is 41.0. The lowest BCUT2D eigenvalue weighted by Gasteiger charge is -2.40. The van der Waals surface area contributed by atoms with E-state index in [0.717, 1.165) is 80.8 Å². The molecule has 15 nitrogen and oxygen atoms in total. The Morgan fingerprint density at radius 1 is 0.951 bits per heavy atom. The van der Waals surface area contributed by atoms with Gasteiger partial charge in [0.15, 0.2) is 0 Å². The molecule has 1 spiro atoms. The number of anilines is 3. The molecule has 9 rings (SSSR count). The summed E-state index contributed by atoms with van der Waals surface area (Å²) in [5, 5.41) is 22.5. The molecule has 3 atom stereocenters. The summed E-state index contributed by atoms with van der Waals surface area (Å²) in [6.07, 6.45) is 7.05. The summed E-state index contributed by atoms with van der Waals surface area (Å²) in [6.45, 7) is 9.58. The van der Waals surface area contributed by atoms with Gasteiger partial charge in [0, 0.05) is 83.6 Å². The van der Waals surface area contributed by atoms with Crippen LogP contribution in [0.1, 0.15) is 88.6 Å². The molecule has 2 unspecified atom stereocenters. The lowest BCUT2D eigenvalue weighted by molar-refractivity contribution is -0.129. The van der Waals surface area contributed by atoms with Crippen LogP contribution in [0.4, 0.5) is 21.6 Å². The van der Waals surface area contributed by atoms with E-state index in [2.05, 4.69) is 43.0 Å². The first-order chi connectivity index (χ1) is 29.4. The number of aliphatic hydroxyl groups excluding tert-OH is 1. The van der Waals surface area contributed by atoms with E-state index < -0.39 is 29.9 Å². The molecule has 6 aliphatic rings. The average molecular weight is 853 g/mol. The highest BCUT2D eigenvalue weighted by molar-refractivity contribution is 6.32. The van der Waals surface area contributed by atoms with E-state index in [1.54, 1.807) is 18.5 Å². The van der Waals surface area contributed by atoms with Gasteiger partial charge in [-0.05, 0) is 87.1 Å². The molecule has 2 N–H and O–H groups in total. The van der Waals surface area contributed by atoms with E-state index in [0.29, 0.717) is 67.5 Å². The number of imide groups is 1. The molecule has 61 heavy (non-hydrogen) atoms. The minimum Gasteiger partial charge on any atom is -0.372 e. The Kier molecular flexibility index (Phi) is 11.1. The smallest absolute Gasteiger partial charge is 0.274 e. The van der Waals surface area contributed by atoms with Gasteiger partial charge in [-0.15, -0.1) is 0 Å². The molecule has 0 saturated carbocycles. The number of nitrogens with zero attached hydrogens (tertiary/aromatic N) is 9. The summed E-state index contributed by atoms with van der Waals surface area (Å²) in [5.74, 6) is -1.11. The van der Waals surface area contributed by atoms with E-state index in [1.807, 2.05) is 21.9 Å². The Labute approximate surface area is 359 Å². The van der Waals surface area contributed by atoms with Crippen LogP contribution in [-0.4, -0.2) is 137 Å². The van der Waals surface area contributed by atoms with E-state index in [9.17, 15) is 29.5 Å². The molecule has 3 aromatic rings. The number of hydrogen-bond donors (Lipinski definition) is 2. The van der Waals surface area contributed by atoms with Crippen LogP contribution in [0.2, 0.25) is 5.02 Å². The molecule has 0 bridgehead atoms. The van der Waals surface area contributed by atoms with Crippen LogP contribution >= 0.6 is 11.6 Å². The second-order valence-corrected chi connectivity index (χ2v) is 18.1. The fraction of sp³-hybridized carbons (Fsp3) is 0.523. The Morgan fingerprint density at radius 3 is 2.33 bits per heavy atom.